The van der Waals surface area contributed by atoms with Crippen molar-refractivity contribution < 1.29 is 27.6 Å². The summed E-state index contributed by atoms with van der Waals surface area (Å²) in [6.45, 7) is 0.712. The highest BCUT2D eigenvalue weighted by Gasteiger charge is 2.33. The molecule has 0 fully saturated rings. The zero-order valence-electron chi connectivity index (χ0n) is 16.7. The van der Waals surface area contributed by atoms with E-state index in [2.05, 4.69) is 9.56 Å². The van der Waals surface area contributed by atoms with E-state index in [9.17, 15) is 18.3 Å². The molecule has 2 aromatic carbocycles. The molecule has 0 saturated carbocycles. The fourth-order valence-corrected chi connectivity index (χ4v) is 3.76. The minimum absolute atomic E-state index is 0. The third-order valence-electron chi connectivity index (χ3n) is 5.14. The number of rotatable bonds is 5. The van der Waals surface area contributed by atoms with Gasteiger partial charge in [-0.3, -0.25) is 4.99 Å². The second-order valence-corrected chi connectivity index (χ2v) is 7.06. The number of fused-ring (bicyclic) bond motifs is 1. The first-order valence-corrected chi connectivity index (χ1v) is 9.54. The first-order valence-electron chi connectivity index (χ1n) is 9.54. The van der Waals surface area contributed by atoms with Crippen molar-refractivity contribution in [1.29, 1.82) is 0 Å². The Kier molecular flexibility index (Phi) is 6.59. The highest BCUT2D eigenvalue weighted by Crippen LogP contribution is 2.36. The molecule has 0 bridgehead atoms. The van der Waals surface area contributed by atoms with Gasteiger partial charge in [0.25, 0.3) is 5.82 Å². The first kappa shape index (κ1) is 22.7. The maximum atomic E-state index is 13.2. The van der Waals surface area contributed by atoms with Gasteiger partial charge in [-0.15, -0.1) is 12.4 Å². The lowest BCUT2D eigenvalue weighted by Gasteiger charge is -2.13. The molecule has 0 spiro atoms. The molecule has 0 saturated heterocycles. The quantitative estimate of drug-likeness (QED) is 0.335. The monoisotopic (exact) mass is 451 g/mol. The average Bonchev–Trinajstić information content (AvgIpc) is 3.32. The molecule has 1 aromatic heterocycles. The second-order valence-electron chi connectivity index (χ2n) is 7.06. The van der Waals surface area contributed by atoms with E-state index in [1.807, 2.05) is 30.5 Å². The van der Waals surface area contributed by atoms with Gasteiger partial charge in [0, 0.05) is 11.5 Å². The Morgan fingerprint density at radius 1 is 1.16 bits per heavy atom. The van der Waals surface area contributed by atoms with Crippen LogP contribution in [0.4, 0.5) is 18.9 Å². The van der Waals surface area contributed by atoms with Crippen LogP contribution >= 0.6 is 12.4 Å². The van der Waals surface area contributed by atoms with Crippen LogP contribution in [0.25, 0.3) is 11.3 Å². The molecule has 31 heavy (non-hydrogen) atoms. The van der Waals surface area contributed by atoms with Crippen LogP contribution in [-0.4, -0.2) is 17.6 Å². The predicted molar refractivity (Wildman–Crippen MR) is 111 cm³/mol. The van der Waals surface area contributed by atoms with Gasteiger partial charge in [0.05, 0.1) is 31.3 Å². The SMILES string of the molecule is COc1ccc(-c2c[n+](CC([O-])=Nc3ccccc3C(F)(F)F)c3n2CCC3)cc1.Cl. The zero-order chi connectivity index (χ0) is 21.3. The summed E-state index contributed by atoms with van der Waals surface area (Å²) in [6.07, 6.45) is -0.962. The summed E-state index contributed by atoms with van der Waals surface area (Å²) in [5, 5.41) is 12.5. The molecule has 0 amide bonds. The van der Waals surface area contributed by atoms with Crippen molar-refractivity contribution in [2.75, 3.05) is 7.11 Å². The fourth-order valence-electron chi connectivity index (χ4n) is 3.76. The Bertz CT molecular complexity index is 1090. The van der Waals surface area contributed by atoms with Crippen molar-refractivity contribution >= 4 is 24.0 Å². The highest BCUT2D eigenvalue weighted by molar-refractivity contribution is 5.85. The maximum Gasteiger partial charge on any atom is 0.418 e. The molecule has 5 nitrogen and oxygen atoms in total. The summed E-state index contributed by atoms with van der Waals surface area (Å²) in [7, 11) is 1.60. The average molecular weight is 452 g/mol. The molecular weight excluding hydrogens is 431 g/mol. The number of alkyl halides is 3. The van der Waals surface area contributed by atoms with Crippen molar-refractivity contribution in [2.24, 2.45) is 4.99 Å². The van der Waals surface area contributed by atoms with Crippen molar-refractivity contribution in [1.82, 2.24) is 4.57 Å². The maximum absolute atomic E-state index is 13.2. The summed E-state index contributed by atoms with van der Waals surface area (Å²) >= 11 is 0. The summed E-state index contributed by atoms with van der Waals surface area (Å²) in [5.41, 5.74) is 0.657. The lowest BCUT2D eigenvalue weighted by molar-refractivity contribution is -0.693. The van der Waals surface area contributed by atoms with Crippen LogP contribution in [0, 0.1) is 0 Å². The molecule has 9 heteroatoms. The van der Waals surface area contributed by atoms with E-state index >= 15 is 0 Å². The summed E-state index contributed by atoms with van der Waals surface area (Å²) < 4.78 is 48.6. The number of aliphatic imine (C=N–C) groups is 1. The minimum atomic E-state index is -4.56. The standard InChI is InChI=1S/C22H20F3N3O2.ClH/c1-30-16-10-8-15(9-11-16)19-13-27(21-7-4-12-28(19)21)14-20(29)26-18-6-3-2-5-17(18)22(23,24)25;/h2-3,5-6,8-11,13H,4,7,12,14H2,1H3;1H. The van der Waals surface area contributed by atoms with Gasteiger partial charge in [0.1, 0.15) is 18.5 Å². The Morgan fingerprint density at radius 3 is 2.55 bits per heavy atom. The molecule has 2 heterocycles. The van der Waals surface area contributed by atoms with Crippen LogP contribution in [0.2, 0.25) is 0 Å². The van der Waals surface area contributed by atoms with Crippen molar-refractivity contribution in [3.63, 3.8) is 0 Å². The largest absolute Gasteiger partial charge is 0.859 e. The third-order valence-corrected chi connectivity index (χ3v) is 5.14. The van der Waals surface area contributed by atoms with Gasteiger partial charge in [-0.25, -0.2) is 9.13 Å². The van der Waals surface area contributed by atoms with Crippen LogP contribution in [-0.2, 0) is 25.7 Å². The van der Waals surface area contributed by atoms with E-state index in [0.717, 1.165) is 48.3 Å². The number of methoxy groups -OCH3 is 1. The van der Waals surface area contributed by atoms with Crippen molar-refractivity contribution in [2.45, 2.75) is 32.1 Å². The molecule has 0 aliphatic carbocycles. The number of ether oxygens (including phenoxy) is 1. The van der Waals surface area contributed by atoms with Gasteiger partial charge in [-0.05, 0) is 42.8 Å². The molecule has 0 unspecified atom stereocenters. The first-order chi connectivity index (χ1) is 14.4. The van der Waals surface area contributed by atoms with Gasteiger partial charge in [0.2, 0.25) is 0 Å². The number of para-hydroxylation sites is 1. The number of halogens is 4. The lowest BCUT2D eigenvalue weighted by Crippen LogP contribution is -2.43. The molecule has 0 atom stereocenters. The topological polar surface area (TPSA) is 53.5 Å². The lowest BCUT2D eigenvalue weighted by atomic mass is 10.1. The van der Waals surface area contributed by atoms with Crippen LogP contribution in [0.1, 0.15) is 17.8 Å². The summed E-state index contributed by atoms with van der Waals surface area (Å²) in [6, 6.07) is 12.5. The molecule has 0 radical (unpaired) electrons. The van der Waals surface area contributed by atoms with Gasteiger partial charge >= 0.3 is 6.18 Å². The summed E-state index contributed by atoms with van der Waals surface area (Å²) in [4.78, 5) is 3.75. The third kappa shape index (κ3) is 4.69. The van der Waals surface area contributed by atoms with E-state index < -0.39 is 17.6 Å². The van der Waals surface area contributed by atoms with E-state index in [0.29, 0.717) is 0 Å². The Labute approximate surface area is 183 Å². The van der Waals surface area contributed by atoms with Crippen molar-refractivity contribution in [3.8, 4) is 17.0 Å². The molecule has 0 N–H and O–H groups in total. The summed E-state index contributed by atoms with van der Waals surface area (Å²) in [5.74, 6) is 1.09. The normalized spacial score (nSPS) is 13.6. The molecule has 4 rings (SSSR count). The van der Waals surface area contributed by atoms with Gasteiger partial charge < -0.3 is 9.84 Å². The van der Waals surface area contributed by atoms with Crippen molar-refractivity contribution in [3.05, 3.63) is 66.1 Å². The van der Waals surface area contributed by atoms with Crippen LogP contribution < -0.4 is 14.4 Å². The fraction of sp³-hybridized carbons (Fsp3) is 0.273. The number of aromatic nitrogens is 2. The molecule has 3 aromatic rings. The molecule has 1 aliphatic rings. The van der Waals surface area contributed by atoms with Crippen LogP contribution in [0.3, 0.4) is 0 Å². The molecule has 1 aliphatic heterocycles. The van der Waals surface area contributed by atoms with Crippen LogP contribution in [0.15, 0.2) is 59.7 Å². The van der Waals surface area contributed by atoms with Gasteiger partial charge in [-0.2, -0.15) is 13.2 Å². The zero-order valence-corrected chi connectivity index (χ0v) is 17.5. The predicted octanol–water partition coefficient (Wildman–Crippen LogP) is 3.93. The highest BCUT2D eigenvalue weighted by atomic mass is 35.5. The van der Waals surface area contributed by atoms with E-state index in [1.165, 1.54) is 18.2 Å². The number of nitrogens with zero attached hydrogens (tertiary/aromatic N) is 3. The van der Waals surface area contributed by atoms with E-state index in [1.54, 1.807) is 11.7 Å². The Balaban J connectivity index is 0.00000272. The van der Waals surface area contributed by atoms with Crippen LogP contribution in [0.5, 0.6) is 5.75 Å². The minimum Gasteiger partial charge on any atom is -0.859 e. The van der Waals surface area contributed by atoms with E-state index in [-0.39, 0.29) is 24.6 Å². The Morgan fingerprint density at radius 2 is 1.87 bits per heavy atom. The molecule has 164 valence electrons. The van der Waals surface area contributed by atoms with Gasteiger partial charge in [0.15, 0.2) is 5.69 Å². The Hall–Kier alpha value is -3.00. The van der Waals surface area contributed by atoms with Gasteiger partial charge in [-0.1, -0.05) is 12.1 Å². The number of hydrogen-bond acceptors (Lipinski definition) is 3. The second kappa shape index (κ2) is 9.01. The smallest absolute Gasteiger partial charge is 0.418 e. The molecular formula is C22H21ClF3N3O2. The van der Waals surface area contributed by atoms with E-state index in [4.69, 9.17) is 4.74 Å². The number of imidazole rings is 1. The number of benzene rings is 2. The number of hydrogen-bond donors (Lipinski definition) is 0.